The molecule has 3 nitrogen and oxygen atoms in total. The van der Waals surface area contributed by atoms with Gasteiger partial charge in [0.05, 0.1) is 13.2 Å². The summed E-state index contributed by atoms with van der Waals surface area (Å²) in [5.74, 6) is 0. The van der Waals surface area contributed by atoms with Crippen molar-refractivity contribution in [2.24, 2.45) is 5.41 Å². The standard InChI is InChI=1S/C14H31NO2/c1-5-6-10-16-12-8-15-9-13-17-11-7-14(2,3)4/h15H,5-13H2,1-4H3. The highest BCUT2D eigenvalue weighted by Gasteiger charge is 2.08. The number of nitrogens with one attached hydrogen (secondary N) is 1. The van der Waals surface area contributed by atoms with Crippen LogP contribution in [-0.4, -0.2) is 39.5 Å². The summed E-state index contributed by atoms with van der Waals surface area (Å²) in [6.07, 6.45) is 3.48. The first-order valence-electron chi connectivity index (χ1n) is 6.92. The molecule has 0 rings (SSSR count). The number of ether oxygens (including phenoxy) is 2. The topological polar surface area (TPSA) is 30.5 Å². The highest BCUT2D eigenvalue weighted by molar-refractivity contribution is 4.59. The summed E-state index contributed by atoms with van der Waals surface area (Å²) in [7, 11) is 0. The second-order valence-electron chi connectivity index (χ2n) is 5.64. The first kappa shape index (κ1) is 16.9. The van der Waals surface area contributed by atoms with E-state index in [1.165, 1.54) is 6.42 Å². The SMILES string of the molecule is CCCCOCCNCCOCCC(C)(C)C. The molecule has 0 amide bonds. The fourth-order valence-electron chi connectivity index (χ4n) is 1.24. The first-order chi connectivity index (χ1) is 8.06. The van der Waals surface area contributed by atoms with E-state index in [1.807, 2.05) is 0 Å². The van der Waals surface area contributed by atoms with E-state index >= 15 is 0 Å². The minimum absolute atomic E-state index is 0.376. The van der Waals surface area contributed by atoms with Crippen LogP contribution >= 0.6 is 0 Å². The molecule has 0 aromatic heterocycles. The molecule has 0 unspecified atom stereocenters. The van der Waals surface area contributed by atoms with E-state index in [4.69, 9.17) is 9.47 Å². The van der Waals surface area contributed by atoms with Crippen LogP contribution in [0.15, 0.2) is 0 Å². The van der Waals surface area contributed by atoms with Gasteiger partial charge in [-0.05, 0) is 18.3 Å². The molecule has 0 saturated heterocycles. The molecule has 0 aromatic rings. The van der Waals surface area contributed by atoms with Crippen molar-refractivity contribution < 1.29 is 9.47 Å². The molecule has 0 spiro atoms. The number of unbranched alkanes of at least 4 members (excludes halogenated alkanes) is 1. The minimum atomic E-state index is 0.376. The molecule has 0 aliphatic carbocycles. The van der Waals surface area contributed by atoms with Crippen LogP contribution in [0.1, 0.15) is 47.0 Å². The van der Waals surface area contributed by atoms with Gasteiger partial charge in [-0.15, -0.1) is 0 Å². The average molecular weight is 245 g/mol. The predicted octanol–water partition coefficient (Wildman–Crippen LogP) is 2.85. The van der Waals surface area contributed by atoms with Gasteiger partial charge in [0.25, 0.3) is 0 Å². The molecule has 0 fully saturated rings. The van der Waals surface area contributed by atoms with Gasteiger partial charge < -0.3 is 14.8 Å². The summed E-state index contributed by atoms with van der Waals surface area (Å²) in [5.41, 5.74) is 0.376. The van der Waals surface area contributed by atoms with Gasteiger partial charge in [-0.1, -0.05) is 34.1 Å². The van der Waals surface area contributed by atoms with E-state index in [-0.39, 0.29) is 0 Å². The zero-order valence-corrected chi connectivity index (χ0v) is 12.2. The lowest BCUT2D eigenvalue weighted by atomic mass is 9.93. The van der Waals surface area contributed by atoms with Gasteiger partial charge in [0.2, 0.25) is 0 Å². The molecule has 0 saturated carbocycles. The molecular formula is C14H31NO2. The maximum absolute atomic E-state index is 5.55. The molecule has 3 heteroatoms. The monoisotopic (exact) mass is 245 g/mol. The Balaban J connectivity index is 2.99. The van der Waals surface area contributed by atoms with Crippen LogP contribution in [0.5, 0.6) is 0 Å². The van der Waals surface area contributed by atoms with Gasteiger partial charge in [-0.25, -0.2) is 0 Å². The molecule has 0 aliphatic rings. The second-order valence-corrected chi connectivity index (χ2v) is 5.64. The zero-order valence-electron chi connectivity index (χ0n) is 12.2. The zero-order chi connectivity index (χ0) is 13.0. The van der Waals surface area contributed by atoms with Crippen LogP contribution < -0.4 is 5.32 Å². The third-order valence-electron chi connectivity index (χ3n) is 2.48. The molecule has 0 atom stereocenters. The van der Waals surface area contributed by atoms with Gasteiger partial charge in [0.15, 0.2) is 0 Å². The third-order valence-corrected chi connectivity index (χ3v) is 2.48. The van der Waals surface area contributed by atoms with Crippen molar-refractivity contribution in [2.75, 3.05) is 39.5 Å². The Hall–Kier alpha value is -0.120. The average Bonchev–Trinajstić information content (AvgIpc) is 2.24. The van der Waals surface area contributed by atoms with Crippen LogP contribution in [0.2, 0.25) is 0 Å². The van der Waals surface area contributed by atoms with Crippen LogP contribution in [0, 0.1) is 5.41 Å². The Morgan fingerprint density at radius 1 is 0.882 bits per heavy atom. The predicted molar refractivity (Wildman–Crippen MR) is 73.5 cm³/mol. The van der Waals surface area contributed by atoms with Crippen molar-refractivity contribution in [3.63, 3.8) is 0 Å². The van der Waals surface area contributed by atoms with Crippen molar-refractivity contribution >= 4 is 0 Å². The highest BCUT2D eigenvalue weighted by atomic mass is 16.5. The quantitative estimate of drug-likeness (QED) is 0.568. The number of hydrogen-bond donors (Lipinski definition) is 1. The Kier molecular flexibility index (Phi) is 10.9. The molecular weight excluding hydrogens is 214 g/mol. The van der Waals surface area contributed by atoms with Gasteiger partial charge in [-0.2, -0.15) is 0 Å². The Bertz CT molecular complexity index is 155. The van der Waals surface area contributed by atoms with E-state index in [2.05, 4.69) is 33.0 Å². The Morgan fingerprint density at radius 3 is 2.00 bits per heavy atom. The van der Waals surface area contributed by atoms with Gasteiger partial charge in [0.1, 0.15) is 0 Å². The van der Waals surface area contributed by atoms with E-state index in [1.54, 1.807) is 0 Å². The van der Waals surface area contributed by atoms with E-state index < -0.39 is 0 Å². The summed E-state index contributed by atoms with van der Waals surface area (Å²) < 4.78 is 11.0. The van der Waals surface area contributed by atoms with Crippen molar-refractivity contribution in [3.8, 4) is 0 Å². The van der Waals surface area contributed by atoms with E-state index in [0.717, 1.165) is 52.4 Å². The molecule has 17 heavy (non-hydrogen) atoms. The molecule has 1 N–H and O–H groups in total. The van der Waals surface area contributed by atoms with Crippen LogP contribution in [0.25, 0.3) is 0 Å². The Labute approximate surface area is 107 Å². The van der Waals surface area contributed by atoms with Crippen molar-refractivity contribution in [3.05, 3.63) is 0 Å². The second kappa shape index (κ2) is 11.0. The fourth-order valence-corrected chi connectivity index (χ4v) is 1.24. The normalized spacial score (nSPS) is 12.0. The molecule has 0 heterocycles. The van der Waals surface area contributed by atoms with E-state index in [9.17, 15) is 0 Å². The lowest BCUT2D eigenvalue weighted by Crippen LogP contribution is -2.24. The summed E-state index contributed by atoms with van der Waals surface area (Å²) in [6.45, 7) is 14.1. The van der Waals surface area contributed by atoms with Crippen LogP contribution in [0.4, 0.5) is 0 Å². The van der Waals surface area contributed by atoms with Gasteiger partial charge in [0, 0.05) is 26.3 Å². The molecule has 0 aliphatic heterocycles. The highest BCUT2D eigenvalue weighted by Crippen LogP contribution is 2.17. The fraction of sp³-hybridized carbons (Fsp3) is 1.00. The van der Waals surface area contributed by atoms with E-state index in [0.29, 0.717) is 5.41 Å². The van der Waals surface area contributed by atoms with Gasteiger partial charge in [-0.3, -0.25) is 0 Å². The molecule has 104 valence electrons. The third kappa shape index (κ3) is 15.9. The first-order valence-corrected chi connectivity index (χ1v) is 6.92. The van der Waals surface area contributed by atoms with Crippen molar-refractivity contribution in [1.82, 2.24) is 5.32 Å². The molecule has 0 bridgehead atoms. The summed E-state index contributed by atoms with van der Waals surface area (Å²) in [5, 5.41) is 3.31. The van der Waals surface area contributed by atoms with Gasteiger partial charge >= 0.3 is 0 Å². The maximum atomic E-state index is 5.55. The van der Waals surface area contributed by atoms with Crippen LogP contribution in [0.3, 0.4) is 0 Å². The molecule has 0 radical (unpaired) electrons. The number of hydrogen-bond acceptors (Lipinski definition) is 3. The Morgan fingerprint density at radius 2 is 1.47 bits per heavy atom. The largest absolute Gasteiger partial charge is 0.380 e. The van der Waals surface area contributed by atoms with Crippen molar-refractivity contribution in [2.45, 2.75) is 47.0 Å². The number of rotatable bonds is 11. The smallest absolute Gasteiger partial charge is 0.0590 e. The van der Waals surface area contributed by atoms with Crippen LogP contribution in [-0.2, 0) is 9.47 Å². The summed E-state index contributed by atoms with van der Waals surface area (Å²) >= 11 is 0. The molecule has 0 aromatic carbocycles. The maximum Gasteiger partial charge on any atom is 0.0590 e. The lowest BCUT2D eigenvalue weighted by Gasteiger charge is -2.17. The minimum Gasteiger partial charge on any atom is -0.380 e. The lowest BCUT2D eigenvalue weighted by molar-refractivity contribution is 0.104. The summed E-state index contributed by atoms with van der Waals surface area (Å²) in [4.78, 5) is 0. The summed E-state index contributed by atoms with van der Waals surface area (Å²) in [6, 6.07) is 0. The van der Waals surface area contributed by atoms with Crippen molar-refractivity contribution in [1.29, 1.82) is 0 Å².